The molecule has 1 saturated heterocycles. The van der Waals surface area contributed by atoms with Crippen LogP contribution in [0.2, 0.25) is 10.0 Å². The molecule has 0 aliphatic carbocycles. The Kier molecular flexibility index (Phi) is 9.00. The fraction of sp³-hybridized carbons (Fsp3) is 0.385. The lowest BCUT2D eigenvalue weighted by atomic mass is 9.94. The smallest absolute Gasteiger partial charge is 0.295 e. The molecule has 8 heteroatoms. The van der Waals surface area contributed by atoms with Gasteiger partial charge in [-0.25, -0.2) is 0 Å². The molecule has 2 aromatic rings. The van der Waals surface area contributed by atoms with Crippen LogP contribution in [0.5, 0.6) is 5.75 Å². The normalized spacial score (nSPS) is 17.4. The first-order valence-corrected chi connectivity index (χ1v) is 12.0. The van der Waals surface area contributed by atoms with Crippen molar-refractivity contribution in [1.82, 2.24) is 4.90 Å². The number of carbonyl (C=O) groups excluding carboxylic acids is 2. The molecule has 1 atom stereocenters. The number of nitrogens with zero attached hydrogens (tertiary/aromatic N) is 1. The summed E-state index contributed by atoms with van der Waals surface area (Å²) in [5.41, 5.74) is 1.85. The number of aliphatic hydroxyl groups excluding tert-OH is 1. The predicted molar refractivity (Wildman–Crippen MR) is 134 cm³/mol. The minimum absolute atomic E-state index is 0.0138. The van der Waals surface area contributed by atoms with E-state index in [2.05, 4.69) is 6.92 Å². The second-order valence-electron chi connectivity index (χ2n) is 8.19. The van der Waals surface area contributed by atoms with Crippen LogP contribution in [0.4, 0.5) is 0 Å². The number of ether oxygens (including phenoxy) is 2. The average molecular weight is 506 g/mol. The SMILES string of the molecule is CCCCOc1ccc(C(O)=C2C(=O)C(=O)N(CCCOC)C2c2ccc(Cl)c(Cl)c2)cc1C. The molecule has 1 fully saturated rings. The highest BCUT2D eigenvalue weighted by molar-refractivity contribution is 6.46. The van der Waals surface area contributed by atoms with Gasteiger partial charge in [0.2, 0.25) is 0 Å². The Morgan fingerprint density at radius 1 is 1.06 bits per heavy atom. The summed E-state index contributed by atoms with van der Waals surface area (Å²) in [5, 5.41) is 11.9. The van der Waals surface area contributed by atoms with Crippen LogP contribution in [-0.2, 0) is 14.3 Å². The Hall–Kier alpha value is -2.54. The number of methoxy groups -OCH3 is 1. The lowest BCUT2D eigenvalue weighted by Gasteiger charge is -2.25. The number of ketones is 1. The van der Waals surface area contributed by atoms with Gasteiger partial charge in [0.1, 0.15) is 11.5 Å². The Morgan fingerprint density at radius 2 is 1.82 bits per heavy atom. The van der Waals surface area contributed by atoms with Gasteiger partial charge >= 0.3 is 0 Å². The quantitative estimate of drug-likeness (QED) is 0.187. The van der Waals surface area contributed by atoms with Crippen LogP contribution >= 0.6 is 23.2 Å². The number of amides is 1. The third kappa shape index (κ3) is 5.57. The number of likely N-dealkylation sites (tertiary alicyclic amines) is 1. The summed E-state index contributed by atoms with van der Waals surface area (Å²) in [7, 11) is 1.57. The zero-order valence-electron chi connectivity index (χ0n) is 19.6. The van der Waals surface area contributed by atoms with Gasteiger partial charge in [0.25, 0.3) is 11.7 Å². The summed E-state index contributed by atoms with van der Waals surface area (Å²) < 4.78 is 10.9. The van der Waals surface area contributed by atoms with E-state index < -0.39 is 17.7 Å². The third-order valence-corrected chi connectivity index (χ3v) is 6.49. The highest BCUT2D eigenvalue weighted by atomic mass is 35.5. The van der Waals surface area contributed by atoms with Gasteiger partial charge in [0, 0.05) is 25.8 Å². The van der Waals surface area contributed by atoms with Crippen molar-refractivity contribution in [3.05, 3.63) is 68.7 Å². The number of aryl methyl sites for hydroxylation is 1. The first-order chi connectivity index (χ1) is 16.3. The topological polar surface area (TPSA) is 76.1 Å². The molecular formula is C26H29Cl2NO5. The van der Waals surface area contributed by atoms with Crippen molar-refractivity contribution >= 4 is 40.7 Å². The maximum atomic E-state index is 13.1. The first kappa shape index (κ1) is 26.1. The molecule has 1 unspecified atom stereocenters. The highest BCUT2D eigenvalue weighted by Gasteiger charge is 2.45. The zero-order valence-corrected chi connectivity index (χ0v) is 21.1. The van der Waals surface area contributed by atoms with E-state index >= 15 is 0 Å². The number of hydrogen-bond donors (Lipinski definition) is 1. The van der Waals surface area contributed by atoms with Crippen LogP contribution in [0.1, 0.15) is 48.9 Å². The van der Waals surface area contributed by atoms with E-state index in [0.717, 1.165) is 18.4 Å². The summed E-state index contributed by atoms with van der Waals surface area (Å²) in [5.74, 6) is -0.949. The van der Waals surface area contributed by atoms with Gasteiger partial charge in [-0.3, -0.25) is 9.59 Å². The maximum Gasteiger partial charge on any atom is 0.295 e. The number of Topliss-reactive ketones (excluding diaryl/α,β-unsaturated/α-hetero) is 1. The summed E-state index contributed by atoms with van der Waals surface area (Å²) in [6, 6.07) is 9.34. The molecule has 1 aliphatic heterocycles. The lowest BCUT2D eigenvalue weighted by Crippen LogP contribution is -2.31. The number of carbonyl (C=O) groups is 2. The molecule has 1 aliphatic rings. The summed E-state index contributed by atoms with van der Waals surface area (Å²) in [6.07, 6.45) is 2.50. The van der Waals surface area contributed by atoms with Gasteiger partial charge in [-0.1, -0.05) is 42.6 Å². The van der Waals surface area contributed by atoms with Crippen LogP contribution in [0.25, 0.3) is 5.76 Å². The van der Waals surface area contributed by atoms with Crippen molar-refractivity contribution in [3.63, 3.8) is 0 Å². The van der Waals surface area contributed by atoms with E-state index in [-0.39, 0.29) is 17.9 Å². The van der Waals surface area contributed by atoms with Crippen LogP contribution < -0.4 is 4.74 Å². The van der Waals surface area contributed by atoms with Crippen molar-refractivity contribution in [1.29, 1.82) is 0 Å². The summed E-state index contributed by atoms with van der Waals surface area (Å²) in [4.78, 5) is 27.5. The van der Waals surface area contributed by atoms with Crippen LogP contribution in [-0.4, -0.2) is 48.6 Å². The minimum Gasteiger partial charge on any atom is -0.507 e. The fourth-order valence-corrected chi connectivity index (χ4v) is 4.27. The molecule has 3 rings (SSSR count). The number of unbranched alkanes of at least 4 members (excludes halogenated alkanes) is 1. The number of benzene rings is 2. The van der Waals surface area contributed by atoms with Crippen LogP contribution in [0.3, 0.4) is 0 Å². The number of hydrogen-bond acceptors (Lipinski definition) is 5. The molecule has 0 radical (unpaired) electrons. The molecule has 182 valence electrons. The van der Waals surface area contributed by atoms with Crippen LogP contribution in [0.15, 0.2) is 42.0 Å². The number of halogens is 2. The van der Waals surface area contributed by atoms with Gasteiger partial charge in [0.05, 0.1) is 28.3 Å². The third-order valence-electron chi connectivity index (χ3n) is 5.75. The standard InChI is InChI=1S/C26H29Cl2NO5/c1-4-5-13-34-21-10-8-18(14-16(21)2)24(30)22-23(17-7-9-19(27)20(28)15-17)29(11-6-12-33-3)26(32)25(22)31/h7-10,14-15,23,30H,4-6,11-13H2,1-3H3. The predicted octanol–water partition coefficient (Wildman–Crippen LogP) is 5.94. The van der Waals surface area contributed by atoms with Gasteiger partial charge in [-0.15, -0.1) is 0 Å². The Morgan fingerprint density at radius 3 is 2.47 bits per heavy atom. The van der Waals surface area contributed by atoms with E-state index in [1.807, 2.05) is 6.92 Å². The molecule has 0 bridgehead atoms. The molecule has 6 nitrogen and oxygen atoms in total. The largest absolute Gasteiger partial charge is 0.507 e. The van der Waals surface area contributed by atoms with Crippen LogP contribution in [0, 0.1) is 6.92 Å². The zero-order chi connectivity index (χ0) is 24.8. The van der Waals surface area contributed by atoms with E-state index in [1.54, 1.807) is 43.5 Å². The van der Waals surface area contributed by atoms with Gasteiger partial charge in [-0.05, 0) is 61.2 Å². The van der Waals surface area contributed by atoms with E-state index in [4.69, 9.17) is 32.7 Å². The number of aliphatic hydroxyl groups is 1. The van der Waals surface area contributed by atoms with Crippen molar-refractivity contribution in [3.8, 4) is 5.75 Å². The highest BCUT2D eigenvalue weighted by Crippen LogP contribution is 2.41. The Balaban J connectivity index is 2.06. The Labute approximate surface area is 210 Å². The molecular weight excluding hydrogens is 477 g/mol. The number of rotatable bonds is 10. The van der Waals surface area contributed by atoms with E-state index in [9.17, 15) is 14.7 Å². The first-order valence-electron chi connectivity index (χ1n) is 11.3. The van der Waals surface area contributed by atoms with Crippen molar-refractivity contribution in [2.75, 3.05) is 26.9 Å². The van der Waals surface area contributed by atoms with Crippen molar-refractivity contribution in [2.24, 2.45) is 0 Å². The summed E-state index contributed by atoms with van der Waals surface area (Å²) >= 11 is 12.3. The molecule has 1 heterocycles. The van der Waals surface area contributed by atoms with Gasteiger partial charge in [0.15, 0.2) is 0 Å². The summed E-state index contributed by atoms with van der Waals surface area (Å²) in [6.45, 7) is 5.27. The second-order valence-corrected chi connectivity index (χ2v) is 9.01. The van der Waals surface area contributed by atoms with Gasteiger partial charge < -0.3 is 19.5 Å². The Bertz CT molecular complexity index is 1100. The second kappa shape index (κ2) is 11.7. The van der Waals surface area contributed by atoms with Gasteiger partial charge in [-0.2, -0.15) is 0 Å². The molecule has 0 saturated carbocycles. The molecule has 0 aromatic heterocycles. The molecule has 1 N–H and O–H groups in total. The maximum absolute atomic E-state index is 13.1. The minimum atomic E-state index is -0.799. The monoisotopic (exact) mass is 505 g/mol. The van der Waals surface area contributed by atoms with E-state index in [0.29, 0.717) is 46.6 Å². The molecule has 1 amide bonds. The van der Waals surface area contributed by atoms with Crippen molar-refractivity contribution in [2.45, 2.75) is 39.2 Å². The lowest BCUT2D eigenvalue weighted by molar-refractivity contribution is -0.140. The molecule has 34 heavy (non-hydrogen) atoms. The fourth-order valence-electron chi connectivity index (χ4n) is 3.96. The molecule has 2 aromatic carbocycles. The average Bonchev–Trinajstić information content (AvgIpc) is 3.06. The van der Waals surface area contributed by atoms with E-state index in [1.165, 1.54) is 4.90 Å². The molecule has 0 spiro atoms. The van der Waals surface area contributed by atoms with Crippen molar-refractivity contribution < 1.29 is 24.2 Å².